The highest BCUT2D eigenvalue weighted by Crippen LogP contribution is 2.43. The second-order valence-corrected chi connectivity index (χ2v) is 7.44. The van der Waals surface area contributed by atoms with Gasteiger partial charge in [-0.15, -0.1) is 0 Å². The van der Waals surface area contributed by atoms with Gasteiger partial charge < -0.3 is 5.32 Å². The zero-order valence-corrected chi connectivity index (χ0v) is 16.8. The van der Waals surface area contributed by atoms with Gasteiger partial charge in [-0.2, -0.15) is 0 Å². The van der Waals surface area contributed by atoms with Gasteiger partial charge in [0.25, 0.3) is 5.91 Å². The molecule has 1 heterocycles. The molecule has 4 nitrogen and oxygen atoms in total. The van der Waals surface area contributed by atoms with Gasteiger partial charge in [-0.25, -0.2) is 8.78 Å². The van der Waals surface area contributed by atoms with Crippen LogP contribution in [0.5, 0.6) is 0 Å². The lowest BCUT2D eigenvalue weighted by Gasteiger charge is -2.51. The van der Waals surface area contributed by atoms with E-state index in [4.69, 9.17) is 0 Å². The molecule has 0 spiro atoms. The van der Waals surface area contributed by atoms with Gasteiger partial charge in [0, 0.05) is 11.4 Å². The van der Waals surface area contributed by atoms with Gasteiger partial charge in [-0.3, -0.25) is 14.5 Å². The molecular weight excluding hydrogens is 398 g/mol. The molecule has 6 heteroatoms. The summed E-state index contributed by atoms with van der Waals surface area (Å²) >= 11 is 0. The second kappa shape index (κ2) is 8.14. The largest absolute Gasteiger partial charge is 0.324 e. The molecule has 1 fully saturated rings. The Morgan fingerprint density at radius 1 is 0.935 bits per heavy atom. The van der Waals surface area contributed by atoms with E-state index in [9.17, 15) is 18.4 Å². The normalized spacial score (nSPS) is 18.5. The van der Waals surface area contributed by atoms with Crippen molar-refractivity contribution in [2.75, 3.05) is 10.2 Å². The summed E-state index contributed by atoms with van der Waals surface area (Å²) < 4.78 is 26.7. The van der Waals surface area contributed by atoms with E-state index in [1.54, 1.807) is 6.92 Å². The second-order valence-electron chi connectivity index (χ2n) is 7.44. The van der Waals surface area contributed by atoms with Crippen LogP contribution in [-0.2, 0) is 9.59 Å². The standard InChI is InChI=1S/C25H20F2N2O2/c1-17(15-18-5-3-2-4-6-18)25(24(31)28-21-11-7-19(26)8-12-21)16-23(30)29(25)22-13-9-20(27)10-14-22/h2-15H,16H2,1H3,(H,28,31). The molecule has 3 aromatic carbocycles. The lowest BCUT2D eigenvalue weighted by molar-refractivity contribution is -0.135. The van der Waals surface area contributed by atoms with Crippen molar-refractivity contribution in [2.45, 2.75) is 18.9 Å². The van der Waals surface area contributed by atoms with Crippen molar-refractivity contribution < 1.29 is 18.4 Å². The molecule has 156 valence electrons. The number of rotatable bonds is 5. The monoisotopic (exact) mass is 418 g/mol. The number of nitrogens with one attached hydrogen (secondary N) is 1. The Labute approximate surface area is 178 Å². The van der Waals surface area contributed by atoms with Gasteiger partial charge in [0.15, 0.2) is 5.54 Å². The predicted molar refractivity (Wildman–Crippen MR) is 116 cm³/mol. The molecule has 1 saturated heterocycles. The Morgan fingerprint density at radius 2 is 1.52 bits per heavy atom. The minimum Gasteiger partial charge on any atom is -0.324 e. The molecule has 0 aliphatic carbocycles. The molecular formula is C25H20F2N2O2. The first-order valence-corrected chi connectivity index (χ1v) is 9.79. The average Bonchev–Trinajstić information content (AvgIpc) is 2.75. The van der Waals surface area contributed by atoms with Crippen molar-refractivity contribution in [3.8, 4) is 0 Å². The first-order valence-electron chi connectivity index (χ1n) is 9.79. The number of carbonyl (C=O) groups is 2. The SMILES string of the molecule is CC(=Cc1ccccc1)C1(C(=O)Nc2ccc(F)cc2)CC(=O)N1c1ccc(F)cc1. The number of amides is 2. The fourth-order valence-corrected chi connectivity index (χ4v) is 3.82. The molecule has 0 bridgehead atoms. The molecule has 4 rings (SSSR count). The van der Waals surface area contributed by atoms with Crippen molar-refractivity contribution in [1.29, 1.82) is 0 Å². The summed E-state index contributed by atoms with van der Waals surface area (Å²) in [7, 11) is 0. The maximum absolute atomic E-state index is 13.5. The van der Waals surface area contributed by atoms with Crippen molar-refractivity contribution in [2.24, 2.45) is 0 Å². The van der Waals surface area contributed by atoms with E-state index >= 15 is 0 Å². The van der Waals surface area contributed by atoms with Crippen LogP contribution < -0.4 is 10.2 Å². The van der Waals surface area contributed by atoms with Gasteiger partial charge in [0.05, 0.1) is 6.42 Å². The fraction of sp³-hybridized carbons (Fsp3) is 0.120. The van der Waals surface area contributed by atoms with E-state index < -0.39 is 23.1 Å². The highest BCUT2D eigenvalue weighted by atomic mass is 19.1. The molecule has 2 amide bonds. The third-order valence-corrected chi connectivity index (χ3v) is 5.44. The number of carbonyl (C=O) groups excluding carboxylic acids is 2. The molecule has 0 radical (unpaired) electrons. The third-order valence-electron chi connectivity index (χ3n) is 5.44. The van der Waals surface area contributed by atoms with Crippen LogP contribution in [0.15, 0.2) is 84.4 Å². The summed E-state index contributed by atoms with van der Waals surface area (Å²) in [5.41, 5.74) is 1.08. The van der Waals surface area contributed by atoms with Crippen molar-refractivity contribution in [3.05, 3.63) is 102 Å². The summed E-state index contributed by atoms with van der Waals surface area (Å²) in [6.07, 6.45) is 1.82. The summed E-state index contributed by atoms with van der Waals surface area (Å²) in [6.45, 7) is 1.79. The number of β-lactam (4-membered cyclic amide) rings is 1. The Morgan fingerprint density at radius 3 is 2.10 bits per heavy atom. The Kier molecular flexibility index (Phi) is 5.38. The van der Waals surface area contributed by atoms with Crippen LogP contribution in [0.25, 0.3) is 6.08 Å². The highest BCUT2D eigenvalue weighted by molar-refractivity contribution is 6.19. The molecule has 1 aliphatic heterocycles. The number of benzene rings is 3. The van der Waals surface area contributed by atoms with Crippen LogP contribution in [0.3, 0.4) is 0 Å². The Balaban J connectivity index is 1.77. The van der Waals surface area contributed by atoms with Gasteiger partial charge >= 0.3 is 0 Å². The Bertz CT molecular complexity index is 1140. The van der Waals surface area contributed by atoms with Gasteiger partial charge in [-0.1, -0.05) is 36.4 Å². The third kappa shape index (κ3) is 3.84. The zero-order chi connectivity index (χ0) is 22.0. The maximum Gasteiger partial charge on any atom is 0.255 e. The van der Waals surface area contributed by atoms with E-state index in [1.165, 1.54) is 53.4 Å². The fourth-order valence-electron chi connectivity index (χ4n) is 3.82. The zero-order valence-electron chi connectivity index (χ0n) is 16.8. The first-order chi connectivity index (χ1) is 14.9. The number of hydrogen-bond donors (Lipinski definition) is 1. The molecule has 1 aliphatic rings. The predicted octanol–water partition coefficient (Wildman–Crippen LogP) is 5.18. The quantitative estimate of drug-likeness (QED) is 0.581. The van der Waals surface area contributed by atoms with Gasteiger partial charge in [0.2, 0.25) is 5.91 Å². The van der Waals surface area contributed by atoms with Crippen LogP contribution in [0.2, 0.25) is 0 Å². The molecule has 1 N–H and O–H groups in total. The average molecular weight is 418 g/mol. The molecule has 0 saturated carbocycles. The molecule has 1 unspecified atom stereocenters. The van der Waals surface area contributed by atoms with Crippen LogP contribution in [-0.4, -0.2) is 17.4 Å². The van der Waals surface area contributed by atoms with Crippen LogP contribution in [0.4, 0.5) is 20.2 Å². The lowest BCUT2D eigenvalue weighted by atomic mass is 9.75. The van der Waals surface area contributed by atoms with E-state index in [-0.39, 0.29) is 12.3 Å². The molecule has 3 aromatic rings. The van der Waals surface area contributed by atoms with E-state index in [1.807, 2.05) is 36.4 Å². The van der Waals surface area contributed by atoms with E-state index in [2.05, 4.69) is 5.32 Å². The van der Waals surface area contributed by atoms with Gasteiger partial charge in [0.1, 0.15) is 11.6 Å². The van der Waals surface area contributed by atoms with E-state index in [0.717, 1.165) is 5.56 Å². The first kappa shape index (κ1) is 20.5. The smallest absolute Gasteiger partial charge is 0.255 e. The van der Waals surface area contributed by atoms with Crippen LogP contribution in [0.1, 0.15) is 18.9 Å². The number of hydrogen-bond acceptors (Lipinski definition) is 2. The van der Waals surface area contributed by atoms with Crippen LogP contribution >= 0.6 is 0 Å². The molecule has 0 aromatic heterocycles. The minimum atomic E-state index is -1.29. The highest BCUT2D eigenvalue weighted by Gasteiger charge is 2.58. The maximum atomic E-state index is 13.5. The van der Waals surface area contributed by atoms with Crippen molar-refractivity contribution >= 4 is 29.3 Å². The lowest BCUT2D eigenvalue weighted by Crippen LogP contribution is -2.70. The number of anilines is 2. The summed E-state index contributed by atoms with van der Waals surface area (Å²) in [4.78, 5) is 27.6. The number of halogens is 2. The van der Waals surface area contributed by atoms with Crippen molar-refractivity contribution in [1.82, 2.24) is 0 Å². The topological polar surface area (TPSA) is 49.4 Å². The summed E-state index contributed by atoms with van der Waals surface area (Å²) in [5.74, 6) is -1.52. The van der Waals surface area contributed by atoms with Crippen LogP contribution in [0, 0.1) is 11.6 Å². The van der Waals surface area contributed by atoms with Crippen molar-refractivity contribution in [3.63, 3.8) is 0 Å². The summed E-state index contributed by atoms with van der Waals surface area (Å²) in [5, 5.41) is 2.80. The minimum absolute atomic E-state index is 0.0351. The summed E-state index contributed by atoms with van der Waals surface area (Å²) in [6, 6.07) is 20.3. The Hall–Kier alpha value is -3.80. The number of nitrogens with zero attached hydrogens (tertiary/aromatic N) is 1. The van der Waals surface area contributed by atoms with E-state index in [0.29, 0.717) is 16.9 Å². The molecule has 31 heavy (non-hydrogen) atoms. The molecule has 1 atom stereocenters. The van der Waals surface area contributed by atoms with Gasteiger partial charge in [-0.05, 0) is 66.6 Å².